The Bertz CT molecular complexity index is 606. The molecule has 1 rings (SSSR count). The summed E-state index contributed by atoms with van der Waals surface area (Å²) in [5, 5.41) is 10.2. The van der Waals surface area contributed by atoms with Gasteiger partial charge in [-0.25, -0.2) is 5.06 Å². The van der Waals surface area contributed by atoms with Crippen LogP contribution in [0.3, 0.4) is 0 Å². The molecule has 0 bridgehead atoms. The SMILES string of the molecule is CC(C)N(OCCCOc1cc(Cl)c(Cl)cc1Cl)C(=N)N=C(N)N. The van der Waals surface area contributed by atoms with Crippen molar-refractivity contribution in [2.75, 3.05) is 13.2 Å². The summed E-state index contributed by atoms with van der Waals surface area (Å²) in [5.41, 5.74) is 10.5. The maximum Gasteiger partial charge on any atom is 0.245 e. The first-order valence-electron chi connectivity index (χ1n) is 7.10. The maximum atomic E-state index is 7.77. The molecule has 0 radical (unpaired) electrons. The Labute approximate surface area is 155 Å². The van der Waals surface area contributed by atoms with E-state index >= 15 is 0 Å². The fourth-order valence-electron chi connectivity index (χ4n) is 1.65. The largest absolute Gasteiger partial charge is 0.492 e. The van der Waals surface area contributed by atoms with Crippen molar-refractivity contribution in [3.05, 3.63) is 27.2 Å². The molecule has 0 amide bonds. The van der Waals surface area contributed by atoms with Crippen LogP contribution in [0.2, 0.25) is 15.1 Å². The van der Waals surface area contributed by atoms with Crippen molar-refractivity contribution >= 4 is 46.7 Å². The van der Waals surface area contributed by atoms with Gasteiger partial charge in [-0.1, -0.05) is 34.8 Å². The first-order chi connectivity index (χ1) is 11.2. The molecule has 0 fully saturated rings. The predicted octanol–water partition coefficient (Wildman–Crippen LogP) is 3.27. The van der Waals surface area contributed by atoms with Crippen molar-refractivity contribution in [2.24, 2.45) is 16.5 Å². The topological polar surface area (TPSA) is 110 Å². The van der Waals surface area contributed by atoms with Gasteiger partial charge in [-0.2, -0.15) is 4.99 Å². The average molecular weight is 397 g/mol. The summed E-state index contributed by atoms with van der Waals surface area (Å²) in [6, 6.07) is 2.97. The third-order valence-corrected chi connectivity index (χ3v) is 3.68. The van der Waals surface area contributed by atoms with Crippen molar-refractivity contribution in [3.8, 4) is 5.75 Å². The zero-order valence-electron chi connectivity index (χ0n) is 13.4. The number of aliphatic imine (C=N–C) groups is 1. The second kappa shape index (κ2) is 9.78. The molecule has 0 spiro atoms. The molecule has 0 saturated heterocycles. The molecule has 0 aliphatic carbocycles. The molecule has 0 atom stereocenters. The van der Waals surface area contributed by atoms with E-state index in [1.54, 1.807) is 6.07 Å². The van der Waals surface area contributed by atoms with E-state index in [9.17, 15) is 0 Å². The van der Waals surface area contributed by atoms with E-state index in [1.165, 1.54) is 11.1 Å². The number of benzene rings is 1. The smallest absolute Gasteiger partial charge is 0.245 e. The molecule has 0 heterocycles. The van der Waals surface area contributed by atoms with Gasteiger partial charge in [0.05, 0.1) is 34.3 Å². The number of hydroxylamine groups is 2. The van der Waals surface area contributed by atoms with Gasteiger partial charge in [-0.3, -0.25) is 10.2 Å². The second-order valence-corrected chi connectivity index (χ2v) is 6.23. The Morgan fingerprint density at radius 3 is 2.38 bits per heavy atom. The van der Waals surface area contributed by atoms with Crippen molar-refractivity contribution in [1.29, 1.82) is 5.41 Å². The van der Waals surface area contributed by atoms with Crippen LogP contribution < -0.4 is 16.2 Å². The number of hydrogen-bond acceptors (Lipinski definition) is 3. The second-order valence-electron chi connectivity index (χ2n) is 5.01. The van der Waals surface area contributed by atoms with E-state index < -0.39 is 0 Å². The number of nitrogens with zero attached hydrogens (tertiary/aromatic N) is 2. The summed E-state index contributed by atoms with van der Waals surface area (Å²) in [4.78, 5) is 9.16. The number of nitrogens with two attached hydrogens (primary N) is 2. The van der Waals surface area contributed by atoms with Gasteiger partial charge in [0.15, 0.2) is 5.96 Å². The van der Waals surface area contributed by atoms with Crippen LogP contribution in [0.25, 0.3) is 0 Å². The van der Waals surface area contributed by atoms with Crippen LogP contribution >= 0.6 is 34.8 Å². The van der Waals surface area contributed by atoms with E-state index in [4.69, 9.17) is 61.3 Å². The lowest BCUT2D eigenvalue weighted by molar-refractivity contribution is -0.123. The molecule has 1 aromatic rings. The van der Waals surface area contributed by atoms with Gasteiger partial charge in [0.25, 0.3) is 0 Å². The number of nitrogens with one attached hydrogen (secondary N) is 1. The number of halogens is 3. The Kier molecular flexibility index (Phi) is 8.41. The highest BCUT2D eigenvalue weighted by Gasteiger charge is 2.14. The molecule has 0 aliphatic rings. The van der Waals surface area contributed by atoms with E-state index in [2.05, 4.69) is 4.99 Å². The Morgan fingerprint density at radius 1 is 1.17 bits per heavy atom. The average Bonchev–Trinajstić information content (AvgIpc) is 2.46. The van der Waals surface area contributed by atoms with Gasteiger partial charge in [-0.15, -0.1) is 0 Å². The molecular weight excluding hydrogens is 377 g/mol. The Morgan fingerprint density at radius 2 is 1.79 bits per heavy atom. The third-order valence-electron chi connectivity index (χ3n) is 2.66. The number of hydrogen-bond donors (Lipinski definition) is 3. The third kappa shape index (κ3) is 6.60. The maximum absolute atomic E-state index is 7.77. The van der Waals surface area contributed by atoms with Gasteiger partial charge < -0.3 is 16.2 Å². The number of guanidine groups is 2. The zero-order chi connectivity index (χ0) is 18.3. The van der Waals surface area contributed by atoms with Crippen LogP contribution in [-0.4, -0.2) is 36.2 Å². The molecule has 10 heteroatoms. The van der Waals surface area contributed by atoms with Gasteiger partial charge in [0.1, 0.15) is 5.75 Å². The van der Waals surface area contributed by atoms with Crippen LogP contribution in [-0.2, 0) is 4.84 Å². The Balaban J connectivity index is 2.46. The first-order valence-corrected chi connectivity index (χ1v) is 8.23. The summed E-state index contributed by atoms with van der Waals surface area (Å²) < 4.78 is 5.55. The van der Waals surface area contributed by atoms with Crippen molar-refractivity contribution in [3.63, 3.8) is 0 Å². The molecule has 0 aromatic heterocycles. The van der Waals surface area contributed by atoms with E-state index in [0.717, 1.165) is 0 Å². The highest BCUT2D eigenvalue weighted by Crippen LogP contribution is 2.33. The van der Waals surface area contributed by atoms with E-state index in [-0.39, 0.29) is 18.0 Å². The van der Waals surface area contributed by atoms with Crippen molar-refractivity contribution < 1.29 is 9.57 Å². The van der Waals surface area contributed by atoms with Gasteiger partial charge in [0.2, 0.25) is 5.96 Å². The minimum Gasteiger partial charge on any atom is -0.492 e. The molecule has 134 valence electrons. The van der Waals surface area contributed by atoms with Crippen LogP contribution in [0, 0.1) is 5.41 Å². The van der Waals surface area contributed by atoms with Crippen LogP contribution in [0.4, 0.5) is 0 Å². The van der Waals surface area contributed by atoms with Crippen LogP contribution in [0.5, 0.6) is 5.75 Å². The molecule has 0 aliphatic heterocycles. The fourth-order valence-corrected chi connectivity index (χ4v) is 2.24. The summed E-state index contributed by atoms with van der Waals surface area (Å²) in [7, 11) is 0. The lowest BCUT2D eigenvalue weighted by Crippen LogP contribution is -2.38. The van der Waals surface area contributed by atoms with Crippen molar-refractivity contribution in [2.45, 2.75) is 26.3 Å². The van der Waals surface area contributed by atoms with Gasteiger partial charge in [0, 0.05) is 12.5 Å². The van der Waals surface area contributed by atoms with Crippen molar-refractivity contribution in [1.82, 2.24) is 5.06 Å². The molecule has 0 saturated carbocycles. The van der Waals surface area contributed by atoms with E-state index in [0.29, 0.717) is 40.5 Å². The molecule has 0 unspecified atom stereocenters. The number of ether oxygens (including phenoxy) is 1. The zero-order valence-corrected chi connectivity index (χ0v) is 15.6. The minimum atomic E-state index is -0.202. The minimum absolute atomic E-state index is 0.106. The standard InChI is InChI=1S/C14H20Cl3N5O2/c1-8(2)22(14(20)21-13(18)19)24-5-3-4-23-12-7-10(16)9(15)6-11(12)17/h6-8H,3-5H2,1-2H3,(H5,18,19,20,21). The fraction of sp³-hybridized carbons (Fsp3) is 0.429. The van der Waals surface area contributed by atoms with Crippen LogP contribution in [0.15, 0.2) is 17.1 Å². The predicted molar refractivity (Wildman–Crippen MR) is 98.0 cm³/mol. The van der Waals surface area contributed by atoms with Gasteiger partial charge >= 0.3 is 0 Å². The molecular formula is C14H20Cl3N5O2. The summed E-state index contributed by atoms with van der Waals surface area (Å²) in [5.74, 6) is 0.0744. The lowest BCUT2D eigenvalue weighted by atomic mass is 10.3. The molecule has 1 aromatic carbocycles. The molecule has 5 N–H and O–H groups in total. The van der Waals surface area contributed by atoms with E-state index in [1.807, 2.05) is 13.8 Å². The highest BCUT2D eigenvalue weighted by atomic mass is 35.5. The summed E-state index contributed by atoms with van der Waals surface area (Å²) in [6.45, 7) is 4.35. The highest BCUT2D eigenvalue weighted by molar-refractivity contribution is 6.43. The Hall–Kier alpha value is -1.41. The summed E-state index contributed by atoms with van der Waals surface area (Å²) >= 11 is 17.8. The molecule has 24 heavy (non-hydrogen) atoms. The van der Waals surface area contributed by atoms with Crippen LogP contribution in [0.1, 0.15) is 20.3 Å². The van der Waals surface area contributed by atoms with Gasteiger partial charge in [-0.05, 0) is 19.9 Å². The monoisotopic (exact) mass is 395 g/mol. The lowest BCUT2D eigenvalue weighted by Gasteiger charge is -2.25. The molecule has 7 nitrogen and oxygen atoms in total. The quantitative estimate of drug-likeness (QED) is 0.215. The summed E-state index contributed by atoms with van der Waals surface area (Å²) in [6.07, 6.45) is 0.550. The number of rotatable bonds is 7. The first kappa shape index (κ1) is 20.6. The normalized spacial score (nSPS) is 10.6.